The Morgan fingerprint density at radius 2 is 2.33 bits per heavy atom. The van der Waals surface area contributed by atoms with Crippen molar-refractivity contribution in [3.05, 3.63) is 34.9 Å². The molecule has 0 saturated carbocycles. The van der Waals surface area contributed by atoms with Crippen LogP contribution in [0.2, 0.25) is 5.02 Å². The van der Waals surface area contributed by atoms with Crippen molar-refractivity contribution in [1.29, 1.82) is 0 Å². The normalized spacial score (nSPS) is 18.4. The van der Waals surface area contributed by atoms with Gasteiger partial charge in [0.1, 0.15) is 0 Å². The summed E-state index contributed by atoms with van der Waals surface area (Å²) in [5.74, 6) is 0. The predicted molar refractivity (Wildman–Crippen MR) is 72.8 cm³/mol. The molecule has 1 aliphatic heterocycles. The Bertz CT molecular complexity index is 473. The van der Waals surface area contributed by atoms with Gasteiger partial charge in [-0.25, -0.2) is 9.80 Å². The van der Waals surface area contributed by atoms with Crippen LogP contribution in [0.15, 0.2) is 29.4 Å². The van der Waals surface area contributed by atoms with E-state index in [-0.39, 0.29) is 18.1 Å². The zero-order valence-electron chi connectivity index (χ0n) is 10.4. The minimum atomic E-state index is -0.177. The molecule has 0 bridgehead atoms. The molecule has 1 aliphatic rings. The van der Waals surface area contributed by atoms with Crippen LogP contribution in [-0.4, -0.2) is 23.3 Å². The standard InChI is InChI=1S/C13H16ClN3O/c1-9(2)16-13(18)17-12(6-7-15-17)10-4-3-5-11(14)8-10/h3-5,7-9,12H,6H2,1-2H3,(H,16,18). The third-order valence-corrected chi connectivity index (χ3v) is 2.92. The highest BCUT2D eigenvalue weighted by molar-refractivity contribution is 6.30. The smallest absolute Gasteiger partial charge is 0.334 e. The van der Waals surface area contributed by atoms with Gasteiger partial charge in [-0.3, -0.25) is 0 Å². The lowest BCUT2D eigenvalue weighted by Crippen LogP contribution is -2.40. The number of nitrogens with zero attached hydrogens (tertiary/aromatic N) is 2. The molecule has 2 amide bonds. The molecule has 1 atom stereocenters. The van der Waals surface area contributed by atoms with E-state index < -0.39 is 0 Å². The van der Waals surface area contributed by atoms with Crippen LogP contribution < -0.4 is 5.32 Å². The average molecular weight is 266 g/mol. The van der Waals surface area contributed by atoms with Crippen molar-refractivity contribution in [2.24, 2.45) is 5.10 Å². The average Bonchev–Trinajstić information content (AvgIpc) is 2.76. The Labute approximate surface area is 112 Å². The summed E-state index contributed by atoms with van der Waals surface area (Å²) in [4.78, 5) is 12.0. The molecule has 1 heterocycles. The summed E-state index contributed by atoms with van der Waals surface area (Å²) >= 11 is 5.98. The summed E-state index contributed by atoms with van der Waals surface area (Å²) in [5, 5.41) is 9.12. The van der Waals surface area contributed by atoms with E-state index >= 15 is 0 Å². The van der Waals surface area contributed by atoms with Crippen LogP contribution in [0.5, 0.6) is 0 Å². The third kappa shape index (κ3) is 2.82. The van der Waals surface area contributed by atoms with E-state index in [1.54, 1.807) is 6.21 Å². The molecule has 0 fully saturated rings. The summed E-state index contributed by atoms with van der Waals surface area (Å²) in [6.07, 6.45) is 2.47. The van der Waals surface area contributed by atoms with Crippen molar-refractivity contribution in [2.45, 2.75) is 32.4 Å². The third-order valence-electron chi connectivity index (χ3n) is 2.68. The Morgan fingerprint density at radius 3 is 3.00 bits per heavy atom. The van der Waals surface area contributed by atoms with Crippen molar-refractivity contribution >= 4 is 23.8 Å². The largest absolute Gasteiger partial charge is 0.338 e. The van der Waals surface area contributed by atoms with Crippen molar-refractivity contribution < 1.29 is 4.79 Å². The van der Waals surface area contributed by atoms with Crippen molar-refractivity contribution in [1.82, 2.24) is 10.3 Å². The number of urea groups is 1. The minimum absolute atomic E-state index is 0.0672. The topological polar surface area (TPSA) is 44.7 Å². The lowest BCUT2D eigenvalue weighted by atomic mass is 10.1. The van der Waals surface area contributed by atoms with E-state index in [1.807, 2.05) is 38.1 Å². The first-order valence-corrected chi connectivity index (χ1v) is 6.33. The number of carbonyl (C=O) groups excluding carboxylic acids is 1. The van der Waals surface area contributed by atoms with E-state index in [0.717, 1.165) is 5.56 Å². The van der Waals surface area contributed by atoms with Gasteiger partial charge in [0, 0.05) is 23.7 Å². The van der Waals surface area contributed by atoms with Gasteiger partial charge in [0.15, 0.2) is 0 Å². The molecule has 0 aromatic heterocycles. The molecule has 0 radical (unpaired) electrons. The van der Waals surface area contributed by atoms with E-state index in [1.165, 1.54) is 5.01 Å². The first-order valence-electron chi connectivity index (χ1n) is 5.95. The minimum Gasteiger partial charge on any atom is -0.334 e. The number of amides is 2. The maximum absolute atomic E-state index is 12.0. The second-order valence-electron chi connectivity index (χ2n) is 4.55. The summed E-state index contributed by atoms with van der Waals surface area (Å²) in [7, 11) is 0. The van der Waals surface area contributed by atoms with Gasteiger partial charge in [-0.15, -0.1) is 0 Å². The van der Waals surface area contributed by atoms with Gasteiger partial charge < -0.3 is 5.32 Å². The lowest BCUT2D eigenvalue weighted by Gasteiger charge is -2.23. The van der Waals surface area contributed by atoms with Crippen LogP contribution >= 0.6 is 11.6 Å². The highest BCUT2D eigenvalue weighted by Gasteiger charge is 2.28. The van der Waals surface area contributed by atoms with E-state index in [0.29, 0.717) is 11.4 Å². The lowest BCUT2D eigenvalue weighted by molar-refractivity contribution is 0.183. The van der Waals surface area contributed by atoms with Crippen molar-refractivity contribution in [3.8, 4) is 0 Å². The van der Waals surface area contributed by atoms with E-state index in [9.17, 15) is 4.79 Å². The summed E-state index contributed by atoms with van der Waals surface area (Å²) in [5.41, 5.74) is 0.999. The maximum atomic E-state index is 12.0. The number of nitrogens with one attached hydrogen (secondary N) is 1. The quantitative estimate of drug-likeness (QED) is 0.877. The molecule has 5 heteroatoms. The Hall–Kier alpha value is -1.55. The van der Waals surface area contributed by atoms with Gasteiger partial charge in [-0.1, -0.05) is 23.7 Å². The van der Waals surface area contributed by atoms with Crippen LogP contribution in [0.25, 0.3) is 0 Å². The summed E-state index contributed by atoms with van der Waals surface area (Å²) < 4.78 is 0. The number of hydrogen-bond acceptors (Lipinski definition) is 2. The zero-order chi connectivity index (χ0) is 13.1. The monoisotopic (exact) mass is 265 g/mol. The van der Waals surface area contributed by atoms with Crippen LogP contribution in [0, 0.1) is 0 Å². The van der Waals surface area contributed by atoms with Gasteiger partial charge >= 0.3 is 6.03 Å². The Morgan fingerprint density at radius 1 is 1.56 bits per heavy atom. The van der Waals surface area contributed by atoms with Gasteiger partial charge in [0.25, 0.3) is 0 Å². The fraction of sp³-hybridized carbons (Fsp3) is 0.385. The molecular weight excluding hydrogens is 250 g/mol. The number of hydrogen-bond donors (Lipinski definition) is 1. The van der Waals surface area contributed by atoms with Crippen LogP contribution in [0.1, 0.15) is 31.9 Å². The number of carbonyl (C=O) groups is 1. The molecule has 2 rings (SSSR count). The molecule has 4 nitrogen and oxygen atoms in total. The van der Waals surface area contributed by atoms with E-state index in [4.69, 9.17) is 11.6 Å². The van der Waals surface area contributed by atoms with Gasteiger partial charge in [-0.05, 0) is 31.5 Å². The number of rotatable bonds is 2. The fourth-order valence-corrected chi connectivity index (χ4v) is 2.11. The van der Waals surface area contributed by atoms with Crippen molar-refractivity contribution in [3.63, 3.8) is 0 Å². The summed E-state index contributed by atoms with van der Waals surface area (Å²) in [6, 6.07) is 7.38. The first kappa shape index (κ1) is 12.9. The molecule has 18 heavy (non-hydrogen) atoms. The van der Waals surface area contributed by atoms with Crippen LogP contribution in [-0.2, 0) is 0 Å². The molecule has 1 aromatic rings. The molecule has 0 spiro atoms. The number of halogens is 1. The van der Waals surface area contributed by atoms with Gasteiger partial charge in [0.2, 0.25) is 0 Å². The molecule has 0 aliphatic carbocycles. The number of hydrazone groups is 1. The Balaban J connectivity index is 2.16. The molecular formula is C13H16ClN3O. The molecule has 0 saturated heterocycles. The maximum Gasteiger partial charge on any atom is 0.338 e. The van der Waals surface area contributed by atoms with Crippen molar-refractivity contribution in [2.75, 3.05) is 0 Å². The Kier molecular flexibility index (Phi) is 3.87. The SMILES string of the molecule is CC(C)NC(=O)N1N=CCC1c1cccc(Cl)c1. The van der Waals surface area contributed by atoms with Crippen LogP contribution in [0.3, 0.4) is 0 Å². The molecule has 1 unspecified atom stereocenters. The molecule has 96 valence electrons. The van der Waals surface area contributed by atoms with E-state index in [2.05, 4.69) is 10.4 Å². The highest BCUT2D eigenvalue weighted by atomic mass is 35.5. The van der Waals surface area contributed by atoms with Crippen LogP contribution in [0.4, 0.5) is 4.79 Å². The van der Waals surface area contributed by atoms with Gasteiger partial charge in [0.05, 0.1) is 6.04 Å². The number of benzene rings is 1. The molecule has 1 N–H and O–H groups in total. The highest BCUT2D eigenvalue weighted by Crippen LogP contribution is 2.29. The fourth-order valence-electron chi connectivity index (χ4n) is 1.91. The zero-order valence-corrected chi connectivity index (χ0v) is 11.2. The summed E-state index contributed by atoms with van der Waals surface area (Å²) in [6.45, 7) is 3.85. The predicted octanol–water partition coefficient (Wildman–Crippen LogP) is 3.19. The second kappa shape index (κ2) is 5.40. The second-order valence-corrected chi connectivity index (χ2v) is 4.99. The molecule has 1 aromatic carbocycles. The van der Waals surface area contributed by atoms with Gasteiger partial charge in [-0.2, -0.15) is 5.10 Å². The first-order chi connectivity index (χ1) is 8.58.